The second-order valence-electron chi connectivity index (χ2n) is 5.26. The molecule has 0 unspecified atom stereocenters. The number of nitrogens with zero attached hydrogens (tertiary/aromatic N) is 4. The van der Waals surface area contributed by atoms with Crippen molar-refractivity contribution >= 4 is 21.9 Å². The maximum atomic E-state index is 11.1. The Kier molecular flexibility index (Phi) is 4.01. The fourth-order valence-electron chi connectivity index (χ4n) is 2.79. The number of carboxylic acid groups (broad SMARTS) is 1. The highest BCUT2D eigenvalue weighted by Gasteiger charge is 2.23. The van der Waals surface area contributed by atoms with Crippen molar-refractivity contribution in [2.75, 3.05) is 0 Å². The van der Waals surface area contributed by atoms with E-state index in [2.05, 4.69) is 31.5 Å². The van der Waals surface area contributed by atoms with Crippen molar-refractivity contribution in [2.24, 2.45) is 0 Å². The van der Waals surface area contributed by atoms with E-state index in [0.29, 0.717) is 11.6 Å². The van der Waals surface area contributed by atoms with Crippen LogP contribution in [0.1, 0.15) is 54.2 Å². The summed E-state index contributed by atoms with van der Waals surface area (Å²) < 4.78 is 2.43. The van der Waals surface area contributed by atoms with E-state index in [1.807, 2.05) is 0 Å². The molecule has 7 heteroatoms. The van der Waals surface area contributed by atoms with Gasteiger partial charge in [-0.1, -0.05) is 19.3 Å². The summed E-state index contributed by atoms with van der Waals surface area (Å²) in [5.74, 6) is 0.197. The first kappa shape index (κ1) is 14.2. The molecule has 110 valence electrons. The molecule has 1 N–H and O–H groups in total. The third-order valence-electron chi connectivity index (χ3n) is 3.89. The van der Waals surface area contributed by atoms with E-state index in [1.54, 1.807) is 22.9 Å². The minimum absolute atomic E-state index is 0.221. The van der Waals surface area contributed by atoms with Gasteiger partial charge in [-0.15, -0.1) is 5.10 Å². The Balaban J connectivity index is 2.03. The first-order valence-corrected chi connectivity index (χ1v) is 7.77. The zero-order chi connectivity index (χ0) is 14.8. The smallest absolute Gasteiger partial charge is 0.335 e. The van der Waals surface area contributed by atoms with Gasteiger partial charge in [0.2, 0.25) is 0 Å². The number of halogens is 1. The molecule has 3 rings (SSSR count). The molecule has 0 radical (unpaired) electrons. The van der Waals surface area contributed by atoms with E-state index in [0.717, 1.165) is 23.1 Å². The molecule has 1 aliphatic carbocycles. The molecular formula is C14H15BrN4O2. The third kappa shape index (κ3) is 2.83. The molecule has 1 saturated carbocycles. The topological polar surface area (TPSA) is 80.9 Å². The molecule has 0 aliphatic heterocycles. The van der Waals surface area contributed by atoms with Gasteiger partial charge in [0.15, 0.2) is 5.82 Å². The molecule has 1 aliphatic rings. The highest BCUT2D eigenvalue weighted by atomic mass is 79.9. The Morgan fingerprint density at radius 2 is 2.05 bits per heavy atom. The van der Waals surface area contributed by atoms with Gasteiger partial charge in [0.25, 0.3) is 0 Å². The van der Waals surface area contributed by atoms with E-state index >= 15 is 0 Å². The first-order valence-electron chi connectivity index (χ1n) is 6.98. The van der Waals surface area contributed by atoms with Gasteiger partial charge in [0, 0.05) is 10.4 Å². The predicted molar refractivity (Wildman–Crippen MR) is 79.6 cm³/mol. The fourth-order valence-corrected chi connectivity index (χ4v) is 3.20. The number of hydrogen-bond donors (Lipinski definition) is 1. The Morgan fingerprint density at radius 1 is 1.29 bits per heavy atom. The van der Waals surface area contributed by atoms with E-state index in [4.69, 9.17) is 5.11 Å². The number of benzene rings is 1. The molecule has 0 atom stereocenters. The van der Waals surface area contributed by atoms with E-state index in [1.165, 1.54) is 19.3 Å². The average molecular weight is 351 g/mol. The molecule has 2 aromatic rings. The lowest BCUT2D eigenvalue weighted by Gasteiger charge is -2.20. The SMILES string of the molecule is O=C(O)c1ccc(Br)c(-n2nnnc2C2CCCCC2)c1. The van der Waals surface area contributed by atoms with Crippen molar-refractivity contribution in [3.05, 3.63) is 34.1 Å². The van der Waals surface area contributed by atoms with Gasteiger partial charge in [0.1, 0.15) is 0 Å². The van der Waals surface area contributed by atoms with Crippen molar-refractivity contribution in [3.8, 4) is 5.69 Å². The second-order valence-corrected chi connectivity index (χ2v) is 6.11. The fraction of sp³-hybridized carbons (Fsp3) is 0.429. The van der Waals surface area contributed by atoms with Crippen LogP contribution in [0.3, 0.4) is 0 Å². The van der Waals surface area contributed by atoms with Crippen LogP contribution in [0, 0.1) is 0 Å². The monoisotopic (exact) mass is 350 g/mol. The van der Waals surface area contributed by atoms with Gasteiger partial charge in [0.05, 0.1) is 11.3 Å². The van der Waals surface area contributed by atoms with Crippen molar-refractivity contribution in [1.82, 2.24) is 20.2 Å². The normalized spacial score (nSPS) is 16.0. The Labute approximate surface area is 130 Å². The van der Waals surface area contributed by atoms with Crippen LogP contribution in [0.25, 0.3) is 5.69 Å². The van der Waals surface area contributed by atoms with Crippen LogP contribution in [0.5, 0.6) is 0 Å². The molecule has 0 saturated heterocycles. The predicted octanol–water partition coefficient (Wildman–Crippen LogP) is 3.17. The maximum Gasteiger partial charge on any atom is 0.335 e. The van der Waals surface area contributed by atoms with Crippen LogP contribution in [-0.2, 0) is 0 Å². The summed E-state index contributed by atoms with van der Waals surface area (Å²) in [6, 6.07) is 4.86. The lowest BCUT2D eigenvalue weighted by Crippen LogP contribution is -2.13. The molecule has 0 spiro atoms. The summed E-state index contributed by atoms with van der Waals surface area (Å²) >= 11 is 3.45. The molecule has 0 bridgehead atoms. The Morgan fingerprint density at radius 3 is 2.76 bits per heavy atom. The molecular weight excluding hydrogens is 336 g/mol. The number of carbonyl (C=O) groups is 1. The maximum absolute atomic E-state index is 11.1. The minimum atomic E-state index is -0.962. The van der Waals surface area contributed by atoms with Crippen LogP contribution in [0.15, 0.2) is 22.7 Å². The average Bonchev–Trinajstić information content (AvgIpc) is 2.97. The third-order valence-corrected chi connectivity index (χ3v) is 4.56. The zero-order valence-corrected chi connectivity index (χ0v) is 13.0. The Hall–Kier alpha value is -1.76. The summed E-state index contributed by atoms with van der Waals surface area (Å²) in [6.45, 7) is 0. The lowest BCUT2D eigenvalue weighted by molar-refractivity contribution is 0.0697. The lowest BCUT2D eigenvalue weighted by atomic mass is 9.88. The summed E-state index contributed by atoms with van der Waals surface area (Å²) in [6.07, 6.45) is 5.80. The van der Waals surface area contributed by atoms with Gasteiger partial charge in [-0.3, -0.25) is 0 Å². The minimum Gasteiger partial charge on any atom is -0.478 e. The van der Waals surface area contributed by atoms with E-state index in [-0.39, 0.29) is 5.56 Å². The first-order chi connectivity index (χ1) is 10.2. The van der Waals surface area contributed by atoms with Crippen molar-refractivity contribution < 1.29 is 9.90 Å². The number of carboxylic acids is 1. The number of rotatable bonds is 3. The van der Waals surface area contributed by atoms with Gasteiger partial charge >= 0.3 is 5.97 Å². The van der Waals surface area contributed by atoms with E-state index < -0.39 is 5.97 Å². The van der Waals surface area contributed by atoms with Gasteiger partial charge < -0.3 is 5.11 Å². The molecule has 1 heterocycles. The Bertz CT molecular complexity index is 665. The van der Waals surface area contributed by atoms with Crippen molar-refractivity contribution in [1.29, 1.82) is 0 Å². The molecule has 0 amide bonds. The van der Waals surface area contributed by atoms with Gasteiger partial charge in [-0.25, -0.2) is 4.79 Å². The summed E-state index contributed by atoms with van der Waals surface area (Å²) in [7, 11) is 0. The van der Waals surface area contributed by atoms with Crippen LogP contribution in [0.4, 0.5) is 0 Å². The summed E-state index contributed by atoms with van der Waals surface area (Å²) in [4.78, 5) is 11.1. The number of aromatic nitrogens is 4. The quantitative estimate of drug-likeness (QED) is 0.919. The largest absolute Gasteiger partial charge is 0.478 e. The number of aromatic carboxylic acids is 1. The second kappa shape index (κ2) is 5.93. The number of hydrogen-bond acceptors (Lipinski definition) is 4. The number of tetrazole rings is 1. The molecule has 21 heavy (non-hydrogen) atoms. The van der Waals surface area contributed by atoms with Crippen molar-refractivity contribution in [3.63, 3.8) is 0 Å². The molecule has 6 nitrogen and oxygen atoms in total. The van der Waals surface area contributed by atoms with Gasteiger partial charge in [-0.05, 0) is 57.4 Å². The highest BCUT2D eigenvalue weighted by molar-refractivity contribution is 9.10. The molecule has 1 aromatic carbocycles. The molecule has 1 aromatic heterocycles. The highest BCUT2D eigenvalue weighted by Crippen LogP contribution is 2.33. The zero-order valence-electron chi connectivity index (χ0n) is 11.4. The van der Waals surface area contributed by atoms with Crippen molar-refractivity contribution in [2.45, 2.75) is 38.0 Å². The van der Waals surface area contributed by atoms with Crippen LogP contribution >= 0.6 is 15.9 Å². The van der Waals surface area contributed by atoms with Crippen LogP contribution in [0.2, 0.25) is 0 Å². The van der Waals surface area contributed by atoms with E-state index in [9.17, 15) is 4.79 Å². The summed E-state index contributed by atoms with van der Waals surface area (Å²) in [5.41, 5.74) is 0.888. The molecule has 1 fully saturated rings. The van der Waals surface area contributed by atoms with Crippen LogP contribution in [-0.4, -0.2) is 31.3 Å². The standard InChI is InChI=1S/C14H15BrN4O2/c15-11-7-6-10(14(20)21)8-12(11)19-13(16-17-18-19)9-4-2-1-3-5-9/h6-9H,1-5H2,(H,20,21). The van der Waals surface area contributed by atoms with Gasteiger partial charge in [-0.2, -0.15) is 4.68 Å². The summed E-state index contributed by atoms with van der Waals surface area (Å²) in [5, 5.41) is 21.1. The van der Waals surface area contributed by atoms with Crippen LogP contribution < -0.4 is 0 Å².